The first-order valence-corrected chi connectivity index (χ1v) is 16.7. The fourth-order valence-electron chi connectivity index (χ4n) is 4.93. The number of sulfonamides is 2. The molecule has 0 unspecified atom stereocenters. The lowest BCUT2D eigenvalue weighted by molar-refractivity contribution is -0.114. The second-order valence-corrected chi connectivity index (χ2v) is 14.2. The summed E-state index contributed by atoms with van der Waals surface area (Å²) in [5.41, 5.74) is 2.43. The number of carbonyl (C=O) groups is 1. The minimum absolute atomic E-state index is 0.0925. The van der Waals surface area contributed by atoms with E-state index in [1.165, 1.54) is 54.9 Å². The highest BCUT2D eigenvalue weighted by atomic mass is 35.5. The van der Waals surface area contributed by atoms with Crippen LogP contribution in [0.1, 0.15) is 11.1 Å². The molecule has 0 radical (unpaired) electrons. The Kier molecular flexibility index (Phi) is 8.78. The van der Waals surface area contributed by atoms with E-state index < -0.39 is 32.5 Å². The highest BCUT2D eigenvalue weighted by molar-refractivity contribution is 7.93. The van der Waals surface area contributed by atoms with E-state index in [9.17, 15) is 21.6 Å². The molecule has 0 spiro atoms. The first kappa shape index (κ1) is 31.2. The number of aryl methyl sites for hydroxylation is 1. The van der Waals surface area contributed by atoms with Gasteiger partial charge in [-0.15, -0.1) is 0 Å². The third kappa shape index (κ3) is 6.19. The summed E-state index contributed by atoms with van der Waals surface area (Å²) in [6, 6.07) is 22.0. The van der Waals surface area contributed by atoms with Crippen LogP contribution >= 0.6 is 11.6 Å². The number of nitrogens with one attached hydrogen (secondary N) is 1. The number of hydrogen-bond donors (Lipinski definition) is 1. The number of hydrogen-bond acceptors (Lipinski definition) is 7. The van der Waals surface area contributed by atoms with Crippen LogP contribution in [0.4, 0.5) is 17.1 Å². The topological polar surface area (TPSA) is 122 Å². The molecule has 0 saturated carbocycles. The Morgan fingerprint density at radius 2 is 1.68 bits per heavy atom. The molecular formula is C31H30ClN3O7S2. The van der Waals surface area contributed by atoms with E-state index in [-0.39, 0.29) is 27.8 Å². The number of ether oxygens (including phenoxy) is 2. The molecule has 5 rings (SSSR count). The van der Waals surface area contributed by atoms with E-state index in [2.05, 4.69) is 5.32 Å². The fourth-order valence-corrected chi connectivity index (χ4v) is 8.20. The summed E-state index contributed by atoms with van der Waals surface area (Å²) in [4.78, 5) is 13.4. The Morgan fingerprint density at radius 3 is 2.39 bits per heavy atom. The van der Waals surface area contributed by atoms with Gasteiger partial charge in [0, 0.05) is 23.3 Å². The second-order valence-electron chi connectivity index (χ2n) is 10.0. The van der Waals surface area contributed by atoms with Gasteiger partial charge in [-0.05, 0) is 85.1 Å². The molecule has 0 aliphatic carbocycles. The van der Waals surface area contributed by atoms with Gasteiger partial charge in [0.25, 0.3) is 20.0 Å². The summed E-state index contributed by atoms with van der Waals surface area (Å²) >= 11 is 5.94. The third-order valence-electron chi connectivity index (χ3n) is 7.14. The first-order valence-electron chi connectivity index (χ1n) is 13.5. The highest BCUT2D eigenvalue weighted by Crippen LogP contribution is 2.36. The van der Waals surface area contributed by atoms with E-state index in [1.54, 1.807) is 55.5 Å². The lowest BCUT2D eigenvalue weighted by Gasteiger charge is -2.25. The summed E-state index contributed by atoms with van der Waals surface area (Å²) < 4.78 is 67.9. The normalized spacial score (nSPS) is 12.9. The Bertz CT molecular complexity index is 1930. The number of carbonyl (C=O) groups excluding carboxylic acids is 1. The lowest BCUT2D eigenvalue weighted by atomic mass is 10.1. The SMILES string of the molecule is COc1cccc(N(CC(=O)Nc2ccc3c(c2)N(S(=O)(=O)c2ccc(Cl)cc2)CC3)S(=O)(=O)c2cc(C)ccc2OC)c1. The van der Waals surface area contributed by atoms with Crippen molar-refractivity contribution >= 4 is 54.6 Å². The van der Waals surface area contributed by atoms with Crippen molar-refractivity contribution in [2.75, 3.05) is 41.2 Å². The van der Waals surface area contributed by atoms with Crippen LogP contribution in [0, 0.1) is 6.92 Å². The molecule has 1 N–H and O–H groups in total. The van der Waals surface area contributed by atoms with Gasteiger partial charge < -0.3 is 14.8 Å². The van der Waals surface area contributed by atoms with Crippen LogP contribution in [0.15, 0.2) is 94.7 Å². The number of amides is 1. The van der Waals surface area contributed by atoms with Gasteiger partial charge in [0.05, 0.1) is 30.5 Å². The molecule has 44 heavy (non-hydrogen) atoms. The van der Waals surface area contributed by atoms with E-state index in [1.807, 2.05) is 0 Å². The van der Waals surface area contributed by atoms with Crippen LogP contribution in [-0.4, -0.2) is 50.1 Å². The summed E-state index contributed by atoms with van der Waals surface area (Å²) in [6.45, 7) is 1.40. The van der Waals surface area contributed by atoms with Crippen LogP contribution in [0.3, 0.4) is 0 Å². The standard InChI is InChI=1S/C31H30ClN3O7S2/c1-21-7-14-29(42-3)30(17-21)44(39,40)35(25-5-4-6-26(19-25)41-2)20-31(36)33-24-11-8-22-15-16-34(28(22)18-24)43(37,38)27-12-9-23(32)10-13-27/h4-14,17-19H,15-16,20H2,1-3H3,(H,33,36). The van der Waals surface area contributed by atoms with E-state index in [0.29, 0.717) is 34.1 Å². The molecule has 10 nitrogen and oxygen atoms in total. The van der Waals surface area contributed by atoms with Crippen molar-refractivity contribution in [2.45, 2.75) is 23.1 Å². The van der Waals surface area contributed by atoms with Crippen LogP contribution in [0.25, 0.3) is 0 Å². The van der Waals surface area contributed by atoms with Crippen molar-refractivity contribution in [3.05, 3.63) is 101 Å². The van der Waals surface area contributed by atoms with Crippen LogP contribution in [0.2, 0.25) is 5.02 Å². The number of rotatable bonds is 10. The molecule has 4 aromatic rings. The Balaban J connectivity index is 1.46. The maximum atomic E-state index is 14.1. The number of nitrogens with zero attached hydrogens (tertiary/aromatic N) is 2. The third-order valence-corrected chi connectivity index (χ3v) is 11.0. The zero-order valence-electron chi connectivity index (χ0n) is 24.2. The molecule has 1 aliphatic heterocycles. The van der Waals surface area contributed by atoms with Gasteiger partial charge >= 0.3 is 0 Å². The Labute approximate surface area is 261 Å². The van der Waals surface area contributed by atoms with Crippen molar-refractivity contribution in [1.82, 2.24) is 0 Å². The Hall–Kier alpha value is -4.26. The van der Waals surface area contributed by atoms with Gasteiger partial charge in [-0.1, -0.05) is 29.8 Å². The minimum Gasteiger partial charge on any atom is -0.497 e. The number of methoxy groups -OCH3 is 2. The molecule has 230 valence electrons. The van der Waals surface area contributed by atoms with Crippen molar-refractivity contribution in [3.63, 3.8) is 0 Å². The molecule has 1 heterocycles. The predicted molar refractivity (Wildman–Crippen MR) is 170 cm³/mol. The van der Waals surface area contributed by atoms with Gasteiger partial charge in [-0.25, -0.2) is 16.8 Å². The van der Waals surface area contributed by atoms with Crippen LogP contribution in [-0.2, 0) is 31.3 Å². The molecule has 13 heteroatoms. The first-order chi connectivity index (χ1) is 20.9. The second kappa shape index (κ2) is 12.4. The predicted octanol–water partition coefficient (Wildman–Crippen LogP) is 5.25. The maximum absolute atomic E-state index is 14.1. The summed E-state index contributed by atoms with van der Waals surface area (Å²) in [5, 5.41) is 3.15. The number of benzene rings is 4. The summed E-state index contributed by atoms with van der Waals surface area (Å²) in [7, 11) is -5.36. The average molecular weight is 656 g/mol. The van der Waals surface area contributed by atoms with Gasteiger partial charge in [0.1, 0.15) is 22.9 Å². The summed E-state index contributed by atoms with van der Waals surface area (Å²) in [5.74, 6) is -0.113. The molecule has 1 aliphatic rings. The van der Waals surface area contributed by atoms with Gasteiger partial charge in [-0.2, -0.15) is 0 Å². The molecule has 0 saturated heterocycles. The van der Waals surface area contributed by atoms with Gasteiger partial charge in [0.15, 0.2) is 0 Å². The van der Waals surface area contributed by atoms with Crippen molar-refractivity contribution < 1.29 is 31.1 Å². The highest BCUT2D eigenvalue weighted by Gasteiger charge is 2.33. The zero-order chi connectivity index (χ0) is 31.6. The molecule has 0 bridgehead atoms. The van der Waals surface area contributed by atoms with Gasteiger partial charge in [0.2, 0.25) is 5.91 Å². The minimum atomic E-state index is -4.31. The molecule has 4 aromatic carbocycles. The van der Waals surface area contributed by atoms with Crippen molar-refractivity contribution in [2.24, 2.45) is 0 Å². The Morgan fingerprint density at radius 1 is 0.932 bits per heavy atom. The monoisotopic (exact) mass is 655 g/mol. The van der Waals surface area contributed by atoms with E-state index in [0.717, 1.165) is 9.87 Å². The molecule has 0 fully saturated rings. The average Bonchev–Trinajstić information content (AvgIpc) is 3.44. The molecule has 0 atom stereocenters. The van der Waals surface area contributed by atoms with E-state index >= 15 is 0 Å². The van der Waals surface area contributed by atoms with E-state index in [4.69, 9.17) is 21.1 Å². The quantitative estimate of drug-likeness (QED) is 0.248. The van der Waals surface area contributed by atoms with Crippen LogP contribution in [0.5, 0.6) is 11.5 Å². The van der Waals surface area contributed by atoms with Crippen molar-refractivity contribution in [3.8, 4) is 11.5 Å². The smallest absolute Gasteiger partial charge is 0.268 e. The van der Waals surface area contributed by atoms with Gasteiger partial charge in [-0.3, -0.25) is 13.4 Å². The maximum Gasteiger partial charge on any atom is 0.268 e. The number of anilines is 3. The summed E-state index contributed by atoms with van der Waals surface area (Å²) in [6.07, 6.45) is 0.497. The lowest BCUT2D eigenvalue weighted by Crippen LogP contribution is -2.38. The van der Waals surface area contributed by atoms with Crippen LogP contribution < -0.4 is 23.4 Å². The zero-order valence-corrected chi connectivity index (χ0v) is 26.5. The fraction of sp³-hybridized carbons (Fsp3) is 0.194. The van der Waals surface area contributed by atoms with Crippen molar-refractivity contribution in [1.29, 1.82) is 0 Å². The number of halogens is 1. The largest absolute Gasteiger partial charge is 0.497 e. The molecule has 1 amide bonds. The number of fused-ring (bicyclic) bond motifs is 1. The molecule has 0 aromatic heterocycles. The molecular weight excluding hydrogens is 626 g/mol.